The van der Waals surface area contributed by atoms with Crippen LogP contribution in [0, 0.1) is 0 Å². The molecule has 0 aliphatic carbocycles. The Morgan fingerprint density at radius 1 is 0.864 bits per heavy atom. The molecular weight excluding hydrogens is 629 g/mol. The number of ether oxygens (including phenoxy) is 1. The molecule has 0 aromatic heterocycles. The number of carbonyl (C=O) groups is 3. The van der Waals surface area contributed by atoms with Crippen LogP contribution in [-0.2, 0) is 26.1 Å². The largest absolute Gasteiger partial charge is 0.480 e. The van der Waals surface area contributed by atoms with Gasteiger partial charge in [0, 0.05) is 46.2 Å². The maximum Gasteiger partial charge on any atom is 0.324 e. The third-order valence-corrected chi connectivity index (χ3v) is 9.27. The van der Waals surface area contributed by atoms with E-state index in [0.717, 1.165) is 4.31 Å². The summed E-state index contributed by atoms with van der Waals surface area (Å²) < 4.78 is 33.5. The van der Waals surface area contributed by atoms with Crippen molar-refractivity contribution in [3.8, 4) is 0 Å². The van der Waals surface area contributed by atoms with Crippen molar-refractivity contribution in [3.63, 3.8) is 0 Å². The third-order valence-electron chi connectivity index (χ3n) is 7.10. The van der Waals surface area contributed by atoms with Crippen molar-refractivity contribution in [2.24, 2.45) is 0 Å². The van der Waals surface area contributed by atoms with Crippen LogP contribution in [-0.4, -0.2) is 69.1 Å². The van der Waals surface area contributed by atoms with Gasteiger partial charge < -0.3 is 20.1 Å². The number of nitrogens with zero attached hydrogens (tertiary/aromatic N) is 2. The number of benzene rings is 4. The van der Waals surface area contributed by atoms with Crippen molar-refractivity contribution in [2.75, 3.05) is 37.2 Å². The van der Waals surface area contributed by atoms with Crippen LogP contribution in [0.3, 0.4) is 0 Å². The Morgan fingerprint density at radius 2 is 1.50 bits per heavy atom. The van der Waals surface area contributed by atoms with Gasteiger partial charge in [0.2, 0.25) is 0 Å². The van der Waals surface area contributed by atoms with E-state index in [1.165, 1.54) is 24.3 Å². The number of carbonyl (C=O) groups excluding carboxylic acids is 2. The van der Waals surface area contributed by atoms with E-state index < -0.39 is 28.4 Å². The van der Waals surface area contributed by atoms with Crippen molar-refractivity contribution >= 4 is 67.5 Å². The summed E-state index contributed by atoms with van der Waals surface area (Å²) in [6.45, 7) is 1.07. The normalized spacial score (nSPS) is 13.5. The summed E-state index contributed by atoms with van der Waals surface area (Å²) >= 11 is 12.1. The van der Waals surface area contributed by atoms with Crippen molar-refractivity contribution in [2.45, 2.75) is 11.4 Å². The molecule has 1 fully saturated rings. The summed E-state index contributed by atoms with van der Waals surface area (Å²) in [7, 11) is -4.45. The van der Waals surface area contributed by atoms with E-state index in [4.69, 9.17) is 27.9 Å². The van der Waals surface area contributed by atoms with E-state index in [9.17, 15) is 27.9 Å². The molecule has 4 aromatic rings. The topological polar surface area (TPSA) is 133 Å². The molecule has 0 saturated carbocycles. The molecule has 228 valence electrons. The van der Waals surface area contributed by atoms with Gasteiger partial charge in [-0.1, -0.05) is 65.7 Å². The molecule has 1 aliphatic rings. The number of carboxylic acid groups (broad SMARTS) is 1. The standard InChI is InChI=1S/C31H27Cl2N3O7S/c32-21-15-22(33)17-23(16-21)44(41,42)36(19-29(37)38)28-10-4-7-25-26(28)8-3-9-27(25)30(39)34-18-20-5-1-2-6-24(20)31(40)35-11-13-43-14-12-35/h1-10,15-17H,11-14,18-19H2,(H,34,39)(H,37,38). The molecule has 0 radical (unpaired) electrons. The van der Waals surface area contributed by atoms with Crippen LogP contribution >= 0.6 is 23.2 Å². The number of carboxylic acids is 1. The van der Waals surface area contributed by atoms with Crippen molar-refractivity contribution < 1.29 is 32.6 Å². The average molecular weight is 657 g/mol. The minimum absolute atomic E-state index is 0.0529. The van der Waals surface area contributed by atoms with Crippen molar-refractivity contribution in [1.82, 2.24) is 10.2 Å². The summed E-state index contributed by atoms with van der Waals surface area (Å²) in [6.07, 6.45) is 0. The summed E-state index contributed by atoms with van der Waals surface area (Å²) in [5, 5.41) is 13.4. The smallest absolute Gasteiger partial charge is 0.324 e. The number of aliphatic carboxylic acids is 1. The number of hydrogen-bond acceptors (Lipinski definition) is 6. The first-order valence-electron chi connectivity index (χ1n) is 13.5. The Hall–Kier alpha value is -4.16. The second-order valence-electron chi connectivity index (χ2n) is 9.93. The molecule has 0 bridgehead atoms. The summed E-state index contributed by atoms with van der Waals surface area (Å²) in [4.78, 5) is 39.9. The predicted molar refractivity (Wildman–Crippen MR) is 167 cm³/mol. The highest BCUT2D eigenvalue weighted by molar-refractivity contribution is 7.93. The zero-order chi connectivity index (χ0) is 31.4. The molecule has 13 heteroatoms. The van der Waals surface area contributed by atoms with Gasteiger partial charge in [-0.15, -0.1) is 0 Å². The number of amides is 2. The number of sulfonamides is 1. The molecular formula is C31H27Cl2N3O7S. The highest BCUT2D eigenvalue weighted by atomic mass is 35.5. The summed E-state index contributed by atoms with van der Waals surface area (Å²) in [5.74, 6) is -2.00. The van der Waals surface area contributed by atoms with Crippen molar-refractivity contribution in [1.29, 1.82) is 0 Å². The zero-order valence-electron chi connectivity index (χ0n) is 23.2. The fourth-order valence-electron chi connectivity index (χ4n) is 5.03. The van der Waals surface area contributed by atoms with Gasteiger partial charge in [0.15, 0.2) is 0 Å². The first-order valence-corrected chi connectivity index (χ1v) is 15.7. The van der Waals surface area contributed by atoms with Crippen LogP contribution in [0.2, 0.25) is 10.0 Å². The second-order valence-corrected chi connectivity index (χ2v) is 12.7. The zero-order valence-corrected chi connectivity index (χ0v) is 25.5. The number of nitrogens with one attached hydrogen (secondary N) is 1. The van der Waals surface area contributed by atoms with E-state index in [2.05, 4.69) is 5.32 Å². The Morgan fingerprint density at radius 3 is 2.20 bits per heavy atom. The monoisotopic (exact) mass is 655 g/mol. The first-order chi connectivity index (χ1) is 21.1. The quantitative estimate of drug-likeness (QED) is 0.264. The van der Waals surface area contributed by atoms with Gasteiger partial charge in [-0.2, -0.15) is 0 Å². The Bertz CT molecular complexity index is 1840. The summed E-state index contributed by atoms with van der Waals surface area (Å²) in [6, 6.07) is 20.2. The van der Waals surface area contributed by atoms with E-state index in [1.807, 2.05) is 0 Å². The molecule has 1 heterocycles. The van der Waals surface area contributed by atoms with Gasteiger partial charge in [0.25, 0.3) is 21.8 Å². The first kappa shape index (κ1) is 31.3. The van der Waals surface area contributed by atoms with Gasteiger partial charge in [-0.25, -0.2) is 8.42 Å². The Kier molecular flexibility index (Phi) is 9.40. The van der Waals surface area contributed by atoms with E-state index in [1.54, 1.807) is 59.5 Å². The van der Waals surface area contributed by atoms with Crippen LogP contribution in [0.25, 0.3) is 10.8 Å². The van der Waals surface area contributed by atoms with Crippen LogP contribution in [0.5, 0.6) is 0 Å². The van der Waals surface area contributed by atoms with Crippen LogP contribution in [0.15, 0.2) is 83.8 Å². The number of hydrogen-bond donors (Lipinski definition) is 2. The molecule has 2 N–H and O–H groups in total. The minimum Gasteiger partial charge on any atom is -0.480 e. The molecule has 4 aromatic carbocycles. The molecule has 0 unspecified atom stereocenters. The lowest BCUT2D eigenvalue weighted by Crippen LogP contribution is -2.41. The fraction of sp³-hybridized carbons (Fsp3) is 0.194. The highest BCUT2D eigenvalue weighted by Crippen LogP contribution is 2.34. The lowest BCUT2D eigenvalue weighted by Gasteiger charge is -2.27. The van der Waals surface area contributed by atoms with Crippen molar-refractivity contribution in [3.05, 3.63) is 106 Å². The van der Waals surface area contributed by atoms with Gasteiger partial charge in [0.05, 0.1) is 23.8 Å². The number of morpholine rings is 1. The van der Waals surface area contributed by atoms with E-state index in [-0.39, 0.29) is 38.6 Å². The SMILES string of the molecule is O=C(O)CN(c1cccc2c(C(=O)NCc3ccccc3C(=O)N3CCOCC3)cccc12)S(=O)(=O)c1cc(Cl)cc(Cl)c1. The number of fused-ring (bicyclic) bond motifs is 1. The third kappa shape index (κ3) is 6.66. The Labute approximate surface area is 263 Å². The van der Waals surface area contributed by atoms with Crippen LogP contribution in [0.4, 0.5) is 5.69 Å². The van der Waals surface area contributed by atoms with Crippen LogP contribution in [0.1, 0.15) is 26.3 Å². The van der Waals surface area contributed by atoms with Crippen LogP contribution < -0.4 is 9.62 Å². The van der Waals surface area contributed by atoms with E-state index >= 15 is 0 Å². The number of rotatable bonds is 9. The Balaban J connectivity index is 1.47. The molecule has 2 amide bonds. The van der Waals surface area contributed by atoms with Gasteiger partial charge in [-0.3, -0.25) is 18.7 Å². The van der Waals surface area contributed by atoms with E-state index in [0.29, 0.717) is 48.2 Å². The van der Waals surface area contributed by atoms with Gasteiger partial charge in [-0.05, 0) is 47.3 Å². The predicted octanol–water partition coefficient (Wildman–Crippen LogP) is 4.83. The van der Waals surface area contributed by atoms with Gasteiger partial charge in [0.1, 0.15) is 6.54 Å². The second kappa shape index (κ2) is 13.2. The minimum atomic E-state index is -4.45. The molecule has 0 atom stereocenters. The maximum absolute atomic E-state index is 13.7. The molecule has 0 spiro atoms. The molecule has 10 nitrogen and oxygen atoms in total. The average Bonchev–Trinajstić information content (AvgIpc) is 3.01. The number of anilines is 1. The lowest BCUT2D eigenvalue weighted by atomic mass is 10.0. The molecule has 5 rings (SSSR count). The lowest BCUT2D eigenvalue weighted by molar-refractivity contribution is -0.135. The molecule has 1 aliphatic heterocycles. The maximum atomic E-state index is 13.7. The molecule has 1 saturated heterocycles. The summed E-state index contributed by atoms with van der Waals surface area (Å²) in [5.41, 5.74) is 1.40. The molecule has 44 heavy (non-hydrogen) atoms. The fourth-order valence-corrected chi connectivity index (χ4v) is 7.19. The highest BCUT2D eigenvalue weighted by Gasteiger charge is 2.30. The van der Waals surface area contributed by atoms with Gasteiger partial charge >= 0.3 is 5.97 Å². The number of halogens is 2.